The van der Waals surface area contributed by atoms with Crippen LogP contribution in [0.3, 0.4) is 0 Å². The summed E-state index contributed by atoms with van der Waals surface area (Å²) in [5, 5.41) is 0. The van der Waals surface area contributed by atoms with Crippen LogP contribution in [0.4, 0.5) is 0 Å². The van der Waals surface area contributed by atoms with Crippen LogP contribution in [0.5, 0.6) is 0 Å². The number of ketones is 1. The highest BCUT2D eigenvalue weighted by Gasteiger charge is 1.95. The van der Waals surface area contributed by atoms with E-state index in [1.165, 1.54) is 17.6 Å². The molecule has 0 spiro atoms. The maximum absolute atomic E-state index is 11.3. The van der Waals surface area contributed by atoms with Gasteiger partial charge < -0.3 is 0 Å². The monoisotopic (exact) mass is 194 g/mol. The van der Waals surface area contributed by atoms with Crippen LogP contribution in [-0.2, 0) is 4.79 Å². The van der Waals surface area contributed by atoms with E-state index in [0.717, 1.165) is 12.8 Å². The zero-order valence-corrected chi connectivity index (χ0v) is 9.89. The number of hydrogen-bond acceptors (Lipinski definition) is 1. The summed E-state index contributed by atoms with van der Waals surface area (Å²) in [5.41, 5.74) is 2.46. The number of unbranched alkanes of at least 4 members (excludes halogenated alkanes) is 2. The molecule has 14 heavy (non-hydrogen) atoms. The van der Waals surface area contributed by atoms with Crippen molar-refractivity contribution in [2.75, 3.05) is 0 Å². The molecule has 0 aliphatic heterocycles. The van der Waals surface area contributed by atoms with Crippen molar-refractivity contribution in [2.45, 2.75) is 53.4 Å². The van der Waals surface area contributed by atoms with Gasteiger partial charge in [0.25, 0.3) is 0 Å². The summed E-state index contributed by atoms with van der Waals surface area (Å²) >= 11 is 0. The third kappa shape index (κ3) is 6.64. The number of carbonyl (C=O) groups excluding carboxylic acids is 1. The van der Waals surface area contributed by atoms with Crippen molar-refractivity contribution >= 4 is 5.78 Å². The molecule has 1 heteroatoms. The van der Waals surface area contributed by atoms with Gasteiger partial charge >= 0.3 is 0 Å². The van der Waals surface area contributed by atoms with Gasteiger partial charge in [-0.3, -0.25) is 4.79 Å². The van der Waals surface area contributed by atoms with Crippen LogP contribution < -0.4 is 0 Å². The molecule has 0 bridgehead atoms. The van der Waals surface area contributed by atoms with Gasteiger partial charge in [0, 0.05) is 6.42 Å². The maximum atomic E-state index is 11.3. The first-order valence-electron chi connectivity index (χ1n) is 5.43. The molecular formula is C13H22O. The molecule has 0 saturated carbocycles. The van der Waals surface area contributed by atoms with E-state index in [2.05, 4.69) is 20.8 Å². The van der Waals surface area contributed by atoms with Crippen LogP contribution in [0.15, 0.2) is 23.3 Å². The van der Waals surface area contributed by atoms with Crippen LogP contribution in [-0.4, -0.2) is 5.78 Å². The van der Waals surface area contributed by atoms with Crippen molar-refractivity contribution in [2.24, 2.45) is 0 Å². The summed E-state index contributed by atoms with van der Waals surface area (Å²) in [6.07, 6.45) is 7.67. The van der Waals surface area contributed by atoms with Crippen molar-refractivity contribution in [3.8, 4) is 0 Å². The third-order valence-electron chi connectivity index (χ3n) is 2.33. The zero-order valence-electron chi connectivity index (χ0n) is 9.89. The molecule has 0 radical (unpaired) electrons. The van der Waals surface area contributed by atoms with E-state index in [-0.39, 0.29) is 5.78 Å². The Morgan fingerprint density at radius 2 is 1.71 bits per heavy atom. The van der Waals surface area contributed by atoms with Crippen molar-refractivity contribution in [3.05, 3.63) is 23.3 Å². The minimum absolute atomic E-state index is 0.249. The summed E-state index contributed by atoms with van der Waals surface area (Å²) in [6, 6.07) is 0. The lowest BCUT2D eigenvalue weighted by Crippen LogP contribution is -1.92. The molecule has 0 atom stereocenters. The quantitative estimate of drug-likeness (QED) is 0.354. The van der Waals surface area contributed by atoms with E-state index in [0.29, 0.717) is 6.42 Å². The van der Waals surface area contributed by atoms with Crippen molar-refractivity contribution < 1.29 is 4.79 Å². The lowest BCUT2D eigenvalue weighted by molar-refractivity contribution is -0.114. The molecule has 1 nitrogen and oxygen atoms in total. The number of allylic oxidation sites excluding steroid dienone is 4. The van der Waals surface area contributed by atoms with Gasteiger partial charge in [0.05, 0.1) is 0 Å². The summed E-state index contributed by atoms with van der Waals surface area (Å²) < 4.78 is 0. The van der Waals surface area contributed by atoms with Gasteiger partial charge in [-0.2, -0.15) is 0 Å². The van der Waals surface area contributed by atoms with Crippen LogP contribution in [0.1, 0.15) is 53.4 Å². The van der Waals surface area contributed by atoms with Gasteiger partial charge in [0.2, 0.25) is 0 Å². The number of rotatable bonds is 6. The van der Waals surface area contributed by atoms with Crippen LogP contribution >= 0.6 is 0 Å². The fourth-order valence-electron chi connectivity index (χ4n) is 1.02. The van der Waals surface area contributed by atoms with Gasteiger partial charge in [0.15, 0.2) is 5.78 Å². The Labute approximate surface area is 87.9 Å². The molecule has 0 aromatic carbocycles. The number of carbonyl (C=O) groups is 1. The summed E-state index contributed by atoms with van der Waals surface area (Å²) in [6.45, 7) is 8.29. The Kier molecular flexibility index (Phi) is 7.09. The van der Waals surface area contributed by atoms with E-state index in [9.17, 15) is 4.79 Å². The minimum atomic E-state index is 0.249. The lowest BCUT2D eigenvalue weighted by Gasteiger charge is -1.96. The van der Waals surface area contributed by atoms with E-state index < -0.39 is 0 Å². The van der Waals surface area contributed by atoms with Gasteiger partial charge in [0.1, 0.15) is 0 Å². The largest absolute Gasteiger partial charge is 0.295 e. The van der Waals surface area contributed by atoms with Crippen molar-refractivity contribution in [1.82, 2.24) is 0 Å². The first-order chi connectivity index (χ1) is 6.57. The molecule has 0 heterocycles. The second kappa shape index (κ2) is 7.54. The first-order valence-corrected chi connectivity index (χ1v) is 5.43. The second-order valence-corrected chi connectivity index (χ2v) is 3.94. The predicted octanol–water partition coefficient (Wildman–Crippen LogP) is 4.05. The van der Waals surface area contributed by atoms with Gasteiger partial charge in [-0.15, -0.1) is 0 Å². The number of hydrogen-bond donors (Lipinski definition) is 0. The fourth-order valence-corrected chi connectivity index (χ4v) is 1.02. The molecule has 0 rings (SSSR count). The van der Waals surface area contributed by atoms with Crippen LogP contribution in [0.25, 0.3) is 0 Å². The fraction of sp³-hybridized carbons (Fsp3) is 0.615. The predicted molar refractivity (Wildman–Crippen MR) is 62.3 cm³/mol. The molecule has 0 fully saturated rings. The average Bonchev–Trinajstić information content (AvgIpc) is 2.14. The molecule has 80 valence electrons. The molecule has 0 amide bonds. The smallest absolute Gasteiger partial charge is 0.155 e. The highest BCUT2D eigenvalue weighted by Crippen LogP contribution is 2.05. The standard InChI is InChI=1S/C13H22O/c1-5-6-7-8-13(14)10-9-12(4)11(2)3/h9-10H,5-8H2,1-4H3/b10-9+. The average molecular weight is 194 g/mol. The van der Waals surface area contributed by atoms with Gasteiger partial charge in [-0.05, 0) is 33.3 Å². The van der Waals surface area contributed by atoms with Gasteiger partial charge in [-0.25, -0.2) is 0 Å². The molecule has 0 saturated heterocycles. The topological polar surface area (TPSA) is 17.1 Å². The zero-order chi connectivity index (χ0) is 11.0. The van der Waals surface area contributed by atoms with Crippen molar-refractivity contribution in [3.63, 3.8) is 0 Å². The maximum Gasteiger partial charge on any atom is 0.155 e. The van der Waals surface area contributed by atoms with Gasteiger partial charge in [-0.1, -0.05) is 37.0 Å². The van der Waals surface area contributed by atoms with Crippen LogP contribution in [0, 0.1) is 0 Å². The van der Waals surface area contributed by atoms with Crippen molar-refractivity contribution in [1.29, 1.82) is 0 Å². The minimum Gasteiger partial charge on any atom is -0.295 e. The first kappa shape index (κ1) is 13.2. The van der Waals surface area contributed by atoms with E-state index in [1.807, 2.05) is 13.0 Å². The summed E-state index contributed by atoms with van der Waals surface area (Å²) in [5.74, 6) is 0.249. The Hall–Kier alpha value is -0.850. The molecule has 0 aliphatic rings. The Morgan fingerprint density at radius 3 is 2.21 bits per heavy atom. The van der Waals surface area contributed by atoms with E-state index >= 15 is 0 Å². The molecule has 0 aromatic heterocycles. The molecule has 0 aromatic rings. The Balaban J connectivity index is 3.88. The normalized spacial score (nSPS) is 10.6. The third-order valence-corrected chi connectivity index (χ3v) is 2.33. The molecule has 0 aliphatic carbocycles. The highest BCUT2D eigenvalue weighted by molar-refractivity contribution is 5.89. The summed E-state index contributed by atoms with van der Waals surface area (Å²) in [7, 11) is 0. The lowest BCUT2D eigenvalue weighted by atomic mass is 10.1. The molecule has 0 unspecified atom stereocenters. The van der Waals surface area contributed by atoms with E-state index in [1.54, 1.807) is 6.08 Å². The molecular weight excluding hydrogens is 172 g/mol. The van der Waals surface area contributed by atoms with E-state index in [4.69, 9.17) is 0 Å². The molecule has 0 N–H and O–H groups in total. The summed E-state index contributed by atoms with van der Waals surface area (Å²) in [4.78, 5) is 11.3. The Bertz CT molecular complexity index is 230. The van der Waals surface area contributed by atoms with Crippen LogP contribution in [0.2, 0.25) is 0 Å². The Morgan fingerprint density at radius 1 is 1.07 bits per heavy atom. The highest BCUT2D eigenvalue weighted by atomic mass is 16.1. The second-order valence-electron chi connectivity index (χ2n) is 3.94. The SMILES string of the molecule is CCCCCC(=O)/C=C/C(C)=C(C)C.